The molecule has 1 heterocycles. The Labute approximate surface area is 135 Å². The fraction of sp³-hybridized carbons (Fsp3) is 0.312. The van der Waals surface area contributed by atoms with Gasteiger partial charge >= 0.3 is 0 Å². The lowest BCUT2D eigenvalue weighted by Gasteiger charge is -2.08. The van der Waals surface area contributed by atoms with Gasteiger partial charge in [0.25, 0.3) is 0 Å². The zero-order valence-corrected chi connectivity index (χ0v) is 13.4. The molecule has 0 radical (unpaired) electrons. The first-order chi connectivity index (χ1) is 10.2. The molecule has 21 heavy (non-hydrogen) atoms. The van der Waals surface area contributed by atoms with E-state index in [1.807, 2.05) is 12.3 Å². The summed E-state index contributed by atoms with van der Waals surface area (Å²) in [7, 11) is 0. The topological polar surface area (TPSA) is 34.1 Å². The fourth-order valence-electron chi connectivity index (χ4n) is 1.82. The number of hydrogen-bond donors (Lipinski definition) is 1. The minimum Gasteiger partial charge on any atom is -0.487 e. The van der Waals surface area contributed by atoms with Crippen molar-refractivity contribution >= 4 is 23.2 Å². The van der Waals surface area contributed by atoms with Crippen molar-refractivity contribution in [2.75, 3.05) is 6.54 Å². The van der Waals surface area contributed by atoms with Gasteiger partial charge in [-0.1, -0.05) is 36.2 Å². The van der Waals surface area contributed by atoms with Crippen LogP contribution in [-0.2, 0) is 13.2 Å². The van der Waals surface area contributed by atoms with E-state index in [9.17, 15) is 0 Å². The predicted molar refractivity (Wildman–Crippen MR) is 87.0 cm³/mol. The summed E-state index contributed by atoms with van der Waals surface area (Å²) in [5, 5.41) is 4.46. The lowest BCUT2D eigenvalue weighted by molar-refractivity contribution is 0.301. The van der Waals surface area contributed by atoms with E-state index in [-0.39, 0.29) is 0 Å². The molecule has 0 amide bonds. The molecule has 1 aromatic carbocycles. The molecule has 5 heteroatoms. The first kappa shape index (κ1) is 16.1. The van der Waals surface area contributed by atoms with Gasteiger partial charge in [-0.25, -0.2) is 0 Å². The average molecular weight is 325 g/mol. The molecule has 0 saturated heterocycles. The smallest absolute Gasteiger partial charge is 0.130 e. The summed E-state index contributed by atoms with van der Waals surface area (Å²) in [5.74, 6) is 0.642. The lowest BCUT2D eigenvalue weighted by Crippen LogP contribution is -2.14. The Morgan fingerprint density at radius 2 is 1.90 bits per heavy atom. The Morgan fingerprint density at radius 1 is 1.14 bits per heavy atom. The molecule has 3 nitrogen and oxygen atoms in total. The minimum atomic E-state index is 0.388. The van der Waals surface area contributed by atoms with Gasteiger partial charge in [0.2, 0.25) is 0 Å². The average Bonchev–Trinajstić information content (AvgIpc) is 2.46. The number of aromatic nitrogens is 1. The van der Waals surface area contributed by atoms with Crippen molar-refractivity contribution in [1.82, 2.24) is 10.3 Å². The predicted octanol–water partition coefficient (Wildman–Crippen LogP) is 4.47. The summed E-state index contributed by atoms with van der Waals surface area (Å²) < 4.78 is 5.65. The Morgan fingerprint density at radius 3 is 2.52 bits per heavy atom. The van der Waals surface area contributed by atoms with Crippen LogP contribution in [0.2, 0.25) is 10.0 Å². The normalized spacial score (nSPS) is 10.6. The second-order valence-corrected chi connectivity index (χ2v) is 5.60. The molecule has 0 aliphatic heterocycles. The monoisotopic (exact) mass is 324 g/mol. The summed E-state index contributed by atoms with van der Waals surface area (Å²) >= 11 is 11.9. The highest BCUT2D eigenvalue weighted by Gasteiger charge is 2.01. The van der Waals surface area contributed by atoms with Crippen LogP contribution in [-0.4, -0.2) is 11.5 Å². The van der Waals surface area contributed by atoms with E-state index >= 15 is 0 Å². The van der Waals surface area contributed by atoms with E-state index in [1.54, 1.807) is 18.2 Å². The first-order valence-corrected chi connectivity index (χ1v) is 7.66. The molecule has 0 unspecified atom stereocenters. The number of nitrogens with one attached hydrogen (secondary N) is 1. The molecule has 1 aromatic heterocycles. The molecule has 0 saturated carbocycles. The van der Waals surface area contributed by atoms with Crippen LogP contribution in [0.15, 0.2) is 36.5 Å². The van der Waals surface area contributed by atoms with E-state index in [4.69, 9.17) is 27.9 Å². The largest absolute Gasteiger partial charge is 0.487 e. The van der Waals surface area contributed by atoms with E-state index in [1.165, 1.54) is 0 Å². The summed E-state index contributed by atoms with van der Waals surface area (Å²) in [6.07, 6.45) is 2.99. The summed E-state index contributed by atoms with van der Waals surface area (Å²) in [5.41, 5.74) is 2.03. The van der Waals surface area contributed by atoms with Crippen molar-refractivity contribution in [3.05, 3.63) is 57.8 Å². The van der Waals surface area contributed by atoms with Crippen LogP contribution < -0.4 is 10.1 Å². The number of nitrogens with zero attached hydrogens (tertiary/aromatic N) is 1. The maximum absolute atomic E-state index is 5.93. The first-order valence-electron chi connectivity index (χ1n) is 6.91. The highest BCUT2D eigenvalue weighted by molar-refractivity contribution is 6.34. The fourth-order valence-corrected chi connectivity index (χ4v) is 2.33. The van der Waals surface area contributed by atoms with Crippen LogP contribution in [0.25, 0.3) is 0 Å². The van der Waals surface area contributed by atoms with Gasteiger partial charge in [0.1, 0.15) is 12.4 Å². The zero-order valence-electron chi connectivity index (χ0n) is 11.9. The van der Waals surface area contributed by atoms with Gasteiger partial charge in [-0.05, 0) is 42.8 Å². The molecule has 0 bridgehead atoms. The molecule has 0 atom stereocenters. The molecule has 0 aliphatic carbocycles. The van der Waals surface area contributed by atoms with Crippen LogP contribution >= 0.6 is 23.2 Å². The van der Waals surface area contributed by atoms with Crippen LogP contribution in [0.4, 0.5) is 0 Å². The highest BCUT2D eigenvalue weighted by Crippen LogP contribution is 2.24. The number of ether oxygens (including phenoxy) is 1. The quantitative estimate of drug-likeness (QED) is 0.763. The van der Waals surface area contributed by atoms with Gasteiger partial charge in [-0.15, -0.1) is 0 Å². The number of benzene rings is 1. The van der Waals surface area contributed by atoms with Crippen LogP contribution in [0, 0.1) is 0 Å². The standard InChI is InChI=1S/C16H18Cl2N2O/c1-2-5-19-9-12-3-4-15(20-10-12)11-21-16-7-13(17)6-14(18)8-16/h3-4,6-8,10,19H,2,5,9,11H2,1H3. The SMILES string of the molecule is CCCNCc1ccc(COc2cc(Cl)cc(Cl)c2)nc1. The van der Waals surface area contributed by atoms with Crippen LogP contribution in [0.3, 0.4) is 0 Å². The third-order valence-electron chi connectivity index (χ3n) is 2.86. The van der Waals surface area contributed by atoms with Gasteiger partial charge in [0, 0.05) is 22.8 Å². The maximum atomic E-state index is 5.93. The van der Waals surface area contributed by atoms with Crippen molar-refractivity contribution in [3.63, 3.8) is 0 Å². The molecule has 2 rings (SSSR count). The van der Waals surface area contributed by atoms with Gasteiger partial charge in [-0.2, -0.15) is 0 Å². The second kappa shape index (κ2) is 8.23. The van der Waals surface area contributed by atoms with Crippen LogP contribution in [0.1, 0.15) is 24.6 Å². The molecule has 0 fully saturated rings. The molecule has 0 spiro atoms. The van der Waals surface area contributed by atoms with Crippen molar-refractivity contribution in [2.45, 2.75) is 26.5 Å². The minimum absolute atomic E-state index is 0.388. The number of pyridine rings is 1. The van der Waals surface area contributed by atoms with Crippen molar-refractivity contribution in [3.8, 4) is 5.75 Å². The summed E-state index contributed by atoms with van der Waals surface area (Å²) in [6.45, 7) is 4.39. The van der Waals surface area contributed by atoms with E-state index in [0.717, 1.165) is 30.8 Å². The third kappa shape index (κ3) is 5.54. The van der Waals surface area contributed by atoms with Crippen molar-refractivity contribution < 1.29 is 4.74 Å². The number of halogens is 2. The highest BCUT2D eigenvalue weighted by atomic mass is 35.5. The lowest BCUT2D eigenvalue weighted by atomic mass is 10.2. The molecule has 112 valence electrons. The van der Waals surface area contributed by atoms with Gasteiger partial charge in [0.15, 0.2) is 0 Å². The Balaban J connectivity index is 1.88. The molecular formula is C16H18Cl2N2O. The van der Waals surface area contributed by atoms with E-state index in [2.05, 4.69) is 23.3 Å². The maximum Gasteiger partial charge on any atom is 0.130 e. The Bertz CT molecular complexity index is 553. The molecule has 2 aromatic rings. The van der Waals surface area contributed by atoms with E-state index < -0.39 is 0 Å². The number of rotatable bonds is 7. The van der Waals surface area contributed by atoms with Gasteiger partial charge in [-0.3, -0.25) is 4.98 Å². The Kier molecular flexibility index (Phi) is 6.30. The molecular weight excluding hydrogens is 307 g/mol. The third-order valence-corrected chi connectivity index (χ3v) is 3.30. The van der Waals surface area contributed by atoms with E-state index in [0.29, 0.717) is 22.4 Å². The second-order valence-electron chi connectivity index (χ2n) is 4.73. The number of hydrogen-bond acceptors (Lipinski definition) is 3. The molecule has 0 aliphatic rings. The summed E-state index contributed by atoms with van der Waals surface area (Å²) in [4.78, 5) is 4.39. The summed E-state index contributed by atoms with van der Waals surface area (Å²) in [6, 6.07) is 9.16. The zero-order chi connectivity index (χ0) is 15.1. The van der Waals surface area contributed by atoms with Gasteiger partial charge in [0.05, 0.1) is 5.69 Å². The van der Waals surface area contributed by atoms with Crippen molar-refractivity contribution in [1.29, 1.82) is 0 Å². The molecule has 1 N–H and O–H groups in total. The van der Waals surface area contributed by atoms with Gasteiger partial charge < -0.3 is 10.1 Å². The van der Waals surface area contributed by atoms with Crippen LogP contribution in [0.5, 0.6) is 5.75 Å². The van der Waals surface area contributed by atoms with Crippen molar-refractivity contribution in [2.24, 2.45) is 0 Å². The Hall–Kier alpha value is -1.29.